The first-order valence-electron chi connectivity index (χ1n) is 8.65. The molecule has 28 heavy (non-hydrogen) atoms. The van der Waals surface area contributed by atoms with Crippen LogP contribution >= 0.6 is 0 Å². The summed E-state index contributed by atoms with van der Waals surface area (Å²) >= 11 is 0. The lowest BCUT2D eigenvalue weighted by Crippen LogP contribution is -2.23. The Morgan fingerprint density at radius 1 is 0.857 bits per heavy atom. The fraction of sp³-hybridized carbons (Fsp3) is 0.0952. The van der Waals surface area contributed by atoms with Crippen molar-refractivity contribution in [2.24, 2.45) is 0 Å². The molecule has 0 radical (unpaired) electrons. The molecule has 0 aliphatic carbocycles. The number of benzene rings is 3. The molecule has 0 unspecified atom stereocenters. The third kappa shape index (κ3) is 3.14. The van der Waals surface area contributed by atoms with E-state index in [2.05, 4.69) is 10.3 Å². The molecular formula is C21H18N4O3. The molecule has 0 amide bonds. The highest BCUT2D eigenvalue weighted by Gasteiger charge is 2.23. The number of aromatic nitrogens is 3. The van der Waals surface area contributed by atoms with Crippen LogP contribution in [0.25, 0.3) is 11.0 Å². The van der Waals surface area contributed by atoms with Gasteiger partial charge in [0.2, 0.25) is 0 Å². The van der Waals surface area contributed by atoms with Crippen molar-refractivity contribution in [2.75, 3.05) is 14.2 Å². The monoisotopic (exact) mass is 374 g/mol. The van der Waals surface area contributed by atoms with Gasteiger partial charge in [-0.2, -0.15) is 0 Å². The number of methoxy groups -OCH3 is 2. The van der Waals surface area contributed by atoms with Gasteiger partial charge in [0.1, 0.15) is 22.7 Å². The minimum absolute atomic E-state index is 0.335. The van der Waals surface area contributed by atoms with Crippen LogP contribution in [0.3, 0.4) is 0 Å². The van der Waals surface area contributed by atoms with Crippen LogP contribution in [0.5, 0.6) is 11.5 Å². The molecule has 4 aromatic rings. The van der Waals surface area contributed by atoms with E-state index < -0.39 is 0 Å². The summed E-state index contributed by atoms with van der Waals surface area (Å²) in [6.45, 7) is 0. The van der Waals surface area contributed by atoms with Crippen molar-refractivity contribution < 1.29 is 14.2 Å². The summed E-state index contributed by atoms with van der Waals surface area (Å²) in [6, 6.07) is 21.6. The molecule has 0 atom stereocenters. The summed E-state index contributed by atoms with van der Waals surface area (Å²) < 4.78 is 12.8. The van der Waals surface area contributed by atoms with Crippen molar-refractivity contribution in [3.05, 3.63) is 83.6 Å². The second-order valence-corrected chi connectivity index (χ2v) is 6.03. The van der Waals surface area contributed by atoms with Crippen LogP contribution in [-0.2, 0) is 0 Å². The molecule has 0 N–H and O–H groups in total. The molecule has 7 nitrogen and oxygen atoms in total. The van der Waals surface area contributed by atoms with Crippen LogP contribution in [0.1, 0.15) is 5.56 Å². The topological polar surface area (TPSA) is 75.2 Å². The van der Waals surface area contributed by atoms with E-state index >= 15 is 0 Å². The Morgan fingerprint density at radius 2 is 1.46 bits per heavy atom. The SMILES string of the molecule is COc1ccc(/C(n2nnc3ccccc32)=[N+](/[O-])c2ccc(OC)cc2)cc1. The summed E-state index contributed by atoms with van der Waals surface area (Å²) in [5, 5.41) is 21.8. The van der Waals surface area contributed by atoms with Gasteiger partial charge in [-0.25, -0.2) is 4.74 Å². The lowest BCUT2D eigenvalue weighted by Gasteiger charge is -2.14. The van der Waals surface area contributed by atoms with Crippen LogP contribution in [0, 0.1) is 5.21 Å². The third-order valence-electron chi connectivity index (χ3n) is 4.40. The second-order valence-electron chi connectivity index (χ2n) is 6.03. The first-order valence-corrected chi connectivity index (χ1v) is 8.65. The molecular weight excluding hydrogens is 356 g/mol. The van der Waals surface area contributed by atoms with Gasteiger partial charge < -0.3 is 14.7 Å². The van der Waals surface area contributed by atoms with Gasteiger partial charge in [-0.15, -0.1) is 5.10 Å². The van der Waals surface area contributed by atoms with Crippen molar-refractivity contribution in [2.45, 2.75) is 0 Å². The van der Waals surface area contributed by atoms with Gasteiger partial charge in [-0.05, 0) is 60.7 Å². The molecule has 0 aliphatic rings. The minimum atomic E-state index is 0.335. The molecule has 0 bridgehead atoms. The summed E-state index contributed by atoms with van der Waals surface area (Å²) in [6.07, 6.45) is 0. The standard InChI is InChI=1S/C21H18N4O3/c1-27-17-11-7-15(8-12-17)21(24-20-6-4-3-5-19(20)22-23-24)25(26)16-9-13-18(28-2)14-10-16/h3-14H,1-2H3/b25-21-. The van der Waals surface area contributed by atoms with E-state index in [9.17, 15) is 5.21 Å². The molecule has 1 aromatic heterocycles. The zero-order valence-electron chi connectivity index (χ0n) is 15.4. The minimum Gasteiger partial charge on any atom is -0.710 e. The zero-order chi connectivity index (χ0) is 19.5. The van der Waals surface area contributed by atoms with Gasteiger partial charge in [0.15, 0.2) is 5.52 Å². The maximum atomic E-state index is 13.4. The van der Waals surface area contributed by atoms with E-state index in [1.807, 2.05) is 36.4 Å². The lowest BCUT2D eigenvalue weighted by atomic mass is 10.2. The largest absolute Gasteiger partial charge is 0.710 e. The van der Waals surface area contributed by atoms with Crippen molar-refractivity contribution in [3.8, 4) is 11.5 Å². The number of fused-ring (bicyclic) bond motifs is 1. The van der Waals surface area contributed by atoms with E-state index in [4.69, 9.17) is 9.47 Å². The van der Waals surface area contributed by atoms with Crippen LogP contribution in [0.2, 0.25) is 0 Å². The Bertz CT molecular complexity index is 1130. The highest BCUT2D eigenvalue weighted by Crippen LogP contribution is 2.21. The zero-order valence-corrected chi connectivity index (χ0v) is 15.4. The Kier molecular flexibility index (Phi) is 4.63. The van der Waals surface area contributed by atoms with Crippen LogP contribution in [-0.4, -0.2) is 39.8 Å². The quantitative estimate of drug-likeness (QED) is 0.179. The number of hydrogen-bond acceptors (Lipinski definition) is 5. The van der Waals surface area contributed by atoms with Gasteiger partial charge in [0, 0.05) is 5.21 Å². The fourth-order valence-electron chi connectivity index (χ4n) is 2.93. The molecule has 1 heterocycles. The first kappa shape index (κ1) is 17.5. The molecule has 140 valence electrons. The number of para-hydroxylation sites is 1. The summed E-state index contributed by atoms with van der Waals surface area (Å²) in [7, 11) is 3.18. The van der Waals surface area contributed by atoms with Crippen molar-refractivity contribution in [3.63, 3.8) is 0 Å². The summed E-state index contributed by atoms with van der Waals surface area (Å²) in [5.41, 5.74) is 2.58. The van der Waals surface area contributed by atoms with Gasteiger partial charge in [0.25, 0.3) is 0 Å². The van der Waals surface area contributed by atoms with Gasteiger partial charge in [-0.1, -0.05) is 16.8 Å². The Labute approximate surface area is 161 Å². The van der Waals surface area contributed by atoms with Gasteiger partial charge in [0.05, 0.1) is 19.8 Å². The van der Waals surface area contributed by atoms with Crippen LogP contribution < -0.4 is 9.47 Å². The molecule has 0 saturated carbocycles. The number of nitrogens with zero attached hydrogens (tertiary/aromatic N) is 4. The Balaban J connectivity index is 1.94. The fourth-order valence-corrected chi connectivity index (χ4v) is 2.93. The molecule has 0 saturated heterocycles. The number of rotatable bonds is 4. The smallest absolute Gasteiger partial charge is 0.319 e. The second kappa shape index (κ2) is 7.40. The molecule has 0 aliphatic heterocycles. The predicted octanol–water partition coefficient (Wildman–Crippen LogP) is 3.59. The average Bonchev–Trinajstić information content (AvgIpc) is 3.18. The molecule has 3 aromatic carbocycles. The maximum Gasteiger partial charge on any atom is 0.319 e. The van der Waals surface area contributed by atoms with E-state index in [-0.39, 0.29) is 0 Å². The average molecular weight is 374 g/mol. The van der Waals surface area contributed by atoms with Gasteiger partial charge >= 0.3 is 5.84 Å². The Hall–Kier alpha value is -3.87. The third-order valence-corrected chi connectivity index (χ3v) is 4.40. The first-order chi connectivity index (χ1) is 13.7. The summed E-state index contributed by atoms with van der Waals surface area (Å²) in [4.78, 5) is 0. The van der Waals surface area contributed by atoms with E-state index in [0.717, 1.165) is 10.3 Å². The maximum absolute atomic E-state index is 13.4. The predicted molar refractivity (Wildman–Crippen MR) is 106 cm³/mol. The molecule has 7 heteroatoms. The molecule has 0 fully saturated rings. The number of ether oxygens (including phenoxy) is 2. The van der Waals surface area contributed by atoms with E-state index in [0.29, 0.717) is 34.1 Å². The van der Waals surface area contributed by atoms with E-state index in [1.165, 1.54) is 0 Å². The van der Waals surface area contributed by atoms with Gasteiger partial charge in [-0.3, -0.25) is 0 Å². The number of hydrogen-bond donors (Lipinski definition) is 0. The van der Waals surface area contributed by atoms with Crippen LogP contribution in [0.15, 0.2) is 72.8 Å². The lowest BCUT2D eigenvalue weighted by molar-refractivity contribution is -0.363. The Morgan fingerprint density at radius 3 is 2.11 bits per heavy atom. The van der Waals surface area contributed by atoms with Crippen molar-refractivity contribution in [1.82, 2.24) is 15.0 Å². The molecule has 4 rings (SSSR count). The summed E-state index contributed by atoms with van der Waals surface area (Å²) in [5.74, 6) is 1.71. The van der Waals surface area contributed by atoms with Crippen molar-refractivity contribution in [1.29, 1.82) is 0 Å². The highest BCUT2D eigenvalue weighted by atomic mass is 16.5. The normalized spacial score (nSPS) is 11.9. The van der Waals surface area contributed by atoms with Crippen LogP contribution in [0.4, 0.5) is 5.69 Å². The molecule has 0 spiro atoms. The van der Waals surface area contributed by atoms with Crippen molar-refractivity contribution >= 4 is 22.6 Å². The van der Waals surface area contributed by atoms with E-state index in [1.54, 1.807) is 55.3 Å². The highest BCUT2D eigenvalue weighted by molar-refractivity contribution is 6.01.